The lowest BCUT2D eigenvalue weighted by atomic mass is 10.1. The Labute approximate surface area is 133 Å². The quantitative estimate of drug-likeness (QED) is 0.823. The summed E-state index contributed by atoms with van der Waals surface area (Å²) in [4.78, 5) is 2.13. The molecule has 21 heavy (non-hydrogen) atoms. The van der Waals surface area contributed by atoms with Gasteiger partial charge in [0.15, 0.2) is 10.4 Å². The fourth-order valence-electron chi connectivity index (χ4n) is 2.25. The first kappa shape index (κ1) is 16.1. The SMILES string of the molecule is CNC(c1ccoc1Br)c1c(OC)cnn1CCN(C)C. The van der Waals surface area contributed by atoms with E-state index in [-0.39, 0.29) is 6.04 Å². The Kier molecular flexibility index (Phi) is 5.44. The highest BCUT2D eigenvalue weighted by atomic mass is 79.9. The van der Waals surface area contributed by atoms with E-state index in [4.69, 9.17) is 9.15 Å². The number of hydrogen-bond donors (Lipinski definition) is 1. The number of nitrogens with zero attached hydrogens (tertiary/aromatic N) is 3. The molecule has 2 rings (SSSR count). The summed E-state index contributed by atoms with van der Waals surface area (Å²) in [7, 11) is 7.66. The Morgan fingerprint density at radius 1 is 1.52 bits per heavy atom. The smallest absolute Gasteiger partial charge is 0.174 e. The molecule has 0 saturated heterocycles. The molecule has 0 aliphatic carbocycles. The zero-order valence-electron chi connectivity index (χ0n) is 12.8. The van der Waals surface area contributed by atoms with Crippen LogP contribution in [0, 0.1) is 0 Å². The van der Waals surface area contributed by atoms with Gasteiger partial charge in [-0.25, -0.2) is 0 Å². The van der Waals surface area contributed by atoms with E-state index in [1.54, 1.807) is 19.6 Å². The van der Waals surface area contributed by atoms with E-state index in [0.29, 0.717) is 4.67 Å². The Bertz CT molecular complexity index is 579. The number of likely N-dealkylation sites (N-methyl/N-ethyl adjacent to an activating group) is 1. The highest BCUT2D eigenvalue weighted by molar-refractivity contribution is 9.10. The van der Waals surface area contributed by atoms with E-state index < -0.39 is 0 Å². The molecule has 0 radical (unpaired) electrons. The highest BCUT2D eigenvalue weighted by Gasteiger charge is 2.25. The zero-order chi connectivity index (χ0) is 15.4. The maximum Gasteiger partial charge on any atom is 0.174 e. The van der Waals surface area contributed by atoms with E-state index in [9.17, 15) is 0 Å². The summed E-state index contributed by atoms with van der Waals surface area (Å²) in [6, 6.07) is 1.88. The second-order valence-electron chi connectivity index (χ2n) is 5.00. The van der Waals surface area contributed by atoms with Gasteiger partial charge in [0.2, 0.25) is 0 Å². The fraction of sp³-hybridized carbons (Fsp3) is 0.500. The molecule has 1 atom stereocenters. The number of hydrogen-bond acceptors (Lipinski definition) is 5. The average molecular weight is 357 g/mol. The van der Waals surface area contributed by atoms with Gasteiger partial charge in [-0.3, -0.25) is 4.68 Å². The lowest BCUT2D eigenvalue weighted by Crippen LogP contribution is -2.25. The number of nitrogens with one attached hydrogen (secondary N) is 1. The van der Waals surface area contributed by atoms with Crippen LogP contribution in [0.2, 0.25) is 0 Å². The minimum absolute atomic E-state index is 0.0577. The molecule has 2 aromatic rings. The van der Waals surface area contributed by atoms with Crippen LogP contribution in [0.1, 0.15) is 17.3 Å². The van der Waals surface area contributed by atoms with E-state index in [0.717, 1.165) is 30.1 Å². The third kappa shape index (κ3) is 3.48. The molecule has 0 aliphatic heterocycles. The van der Waals surface area contributed by atoms with Crippen molar-refractivity contribution in [1.29, 1.82) is 0 Å². The van der Waals surface area contributed by atoms with Gasteiger partial charge in [0.25, 0.3) is 0 Å². The van der Waals surface area contributed by atoms with Gasteiger partial charge in [0.1, 0.15) is 5.69 Å². The first-order valence-corrected chi connectivity index (χ1v) is 7.52. The molecule has 1 N–H and O–H groups in total. The monoisotopic (exact) mass is 356 g/mol. The first-order chi connectivity index (χ1) is 10.1. The maximum atomic E-state index is 5.47. The maximum absolute atomic E-state index is 5.47. The Morgan fingerprint density at radius 3 is 2.81 bits per heavy atom. The van der Waals surface area contributed by atoms with Gasteiger partial charge in [0, 0.05) is 12.1 Å². The van der Waals surface area contributed by atoms with Crippen LogP contribution in [0.15, 0.2) is 27.6 Å². The van der Waals surface area contributed by atoms with Crippen LogP contribution in [-0.4, -0.2) is 49.5 Å². The van der Waals surface area contributed by atoms with Crippen molar-refractivity contribution in [2.45, 2.75) is 12.6 Å². The number of rotatable bonds is 7. The van der Waals surface area contributed by atoms with Crippen molar-refractivity contribution in [2.75, 3.05) is 34.8 Å². The van der Waals surface area contributed by atoms with Crippen molar-refractivity contribution in [3.63, 3.8) is 0 Å². The van der Waals surface area contributed by atoms with Gasteiger partial charge in [-0.15, -0.1) is 0 Å². The van der Waals surface area contributed by atoms with Crippen molar-refractivity contribution in [2.24, 2.45) is 0 Å². The molecule has 0 spiro atoms. The standard InChI is InChI=1S/C14H21BrN4O2/c1-16-12(10-5-8-21-14(10)15)13-11(20-4)9-17-19(13)7-6-18(2)3/h5,8-9,12,16H,6-7H2,1-4H3. The molecule has 2 heterocycles. The van der Waals surface area contributed by atoms with Crippen molar-refractivity contribution in [3.05, 3.63) is 34.5 Å². The van der Waals surface area contributed by atoms with E-state index in [2.05, 4.69) is 31.2 Å². The minimum atomic E-state index is -0.0577. The van der Waals surface area contributed by atoms with Crippen molar-refractivity contribution < 1.29 is 9.15 Å². The summed E-state index contributed by atoms with van der Waals surface area (Å²) in [5.74, 6) is 0.765. The molecule has 116 valence electrons. The second-order valence-corrected chi connectivity index (χ2v) is 5.72. The van der Waals surface area contributed by atoms with Crippen LogP contribution in [0.3, 0.4) is 0 Å². The lowest BCUT2D eigenvalue weighted by Gasteiger charge is -2.19. The second kappa shape index (κ2) is 7.11. The number of halogens is 1. The molecule has 0 aliphatic rings. The molecule has 0 aromatic carbocycles. The Morgan fingerprint density at radius 2 is 2.29 bits per heavy atom. The average Bonchev–Trinajstić information content (AvgIpc) is 3.05. The van der Waals surface area contributed by atoms with Crippen molar-refractivity contribution in [1.82, 2.24) is 20.0 Å². The van der Waals surface area contributed by atoms with Crippen molar-refractivity contribution in [3.8, 4) is 5.75 Å². The van der Waals surface area contributed by atoms with E-state index in [1.165, 1.54) is 0 Å². The third-order valence-electron chi connectivity index (χ3n) is 3.34. The van der Waals surface area contributed by atoms with Gasteiger partial charge < -0.3 is 19.4 Å². The third-order valence-corrected chi connectivity index (χ3v) is 3.99. The van der Waals surface area contributed by atoms with Gasteiger partial charge in [-0.1, -0.05) is 0 Å². The molecule has 2 aromatic heterocycles. The van der Waals surface area contributed by atoms with E-state index in [1.807, 2.05) is 31.9 Å². The van der Waals surface area contributed by atoms with Crippen LogP contribution in [0.5, 0.6) is 5.75 Å². The number of ether oxygens (including phenoxy) is 1. The lowest BCUT2D eigenvalue weighted by molar-refractivity contribution is 0.360. The molecular formula is C14H21BrN4O2. The number of methoxy groups -OCH3 is 1. The topological polar surface area (TPSA) is 55.5 Å². The summed E-state index contributed by atoms with van der Waals surface area (Å²) in [5.41, 5.74) is 2.01. The molecule has 7 heteroatoms. The predicted octanol–water partition coefficient (Wildman–Crippen LogP) is 2.12. The zero-order valence-corrected chi connectivity index (χ0v) is 14.3. The van der Waals surface area contributed by atoms with Crippen molar-refractivity contribution >= 4 is 15.9 Å². The summed E-state index contributed by atoms with van der Waals surface area (Å²) in [6.45, 7) is 1.69. The predicted molar refractivity (Wildman–Crippen MR) is 84.6 cm³/mol. The summed E-state index contributed by atoms with van der Waals surface area (Å²) >= 11 is 3.44. The van der Waals surface area contributed by atoms with Crippen LogP contribution >= 0.6 is 15.9 Å². The molecular weight excluding hydrogens is 336 g/mol. The van der Waals surface area contributed by atoms with Gasteiger partial charge in [0.05, 0.1) is 32.2 Å². The molecule has 0 amide bonds. The Balaban J connectivity index is 2.39. The molecule has 0 bridgehead atoms. The normalized spacial score (nSPS) is 12.9. The molecule has 0 fully saturated rings. The number of furan rings is 1. The molecule has 6 nitrogen and oxygen atoms in total. The number of aromatic nitrogens is 2. The fourth-order valence-corrected chi connectivity index (χ4v) is 2.72. The molecule has 1 unspecified atom stereocenters. The Hall–Kier alpha value is -1.31. The van der Waals surface area contributed by atoms with Crippen LogP contribution < -0.4 is 10.1 Å². The van der Waals surface area contributed by atoms with Crippen LogP contribution in [-0.2, 0) is 6.54 Å². The van der Waals surface area contributed by atoms with Gasteiger partial charge in [-0.2, -0.15) is 5.10 Å². The highest BCUT2D eigenvalue weighted by Crippen LogP contribution is 2.34. The summed E-state index contributed by atoms with van der Waals surface area (Å²) in [6.07, 6.45) is 3.42. The largest absolute Gasteiger partial charge is 0.493 e. The minimum Gasteiger partial charge on any atom is -0.493 e. The molecule has 0 saturated carbocycles. The summed E-state index contributed by atoms with van der Waals surface area (Å²) in [5, 5.41) is 7.75. The first-order valence-electron chi connectivity index (χ1n) is 6.73. The van der Waals surface area contributed by atoms with Gasteiger partial charge in [-0.05, 0) is 43.1 Å². The van der Waals surface area contributed by atoms with Crippen LogP contribution in [0.4, 0.5) is 0 Å². The van der Waals surface area contributed by atoms with Crippen LogP contribution in [0.25, 0.3) is 0 Å². The van der Waals surface area contributed by atoms with E-state index >= 15 is 0 Å². The summed E-state index contributed by atoms with van der Waals surface area (Å²) < 4.78 is 13.5. The van der Waals surface area contributed by atoms with Gasteiger partial charge >= 0.3 is 0 Å².